The molecule has 2 aromatic rings. The summed E-state index contributed by atoms with van der Waals surface area (Å²) in [4.78, 5) is 15.4. The molecule has 0 aromatic carbocycles. The van der Waals surface area contributed by atoms with Crippen LogP contribution in [0.25, 0.3) is 5.52 Å². The van der Waals surface area contributed by atoms with Gasteiger partial charge in [0.2, 0.25) is 0 Å². The quantitative estimate of drug-likeness (QED) is 0.880. The second-order valence-corrected chi connectivity index (χ2v) is 5.04. The van der Waals surface area contributed by atoms with Crippen molar-refractivity contribution in [3.05, 3.63) is 35.9 Å². The van der Waals surface area contributed by atoms with Crippen LogP contribution >= 0.6 is 0 Å². The van der Waals surface area contributed by atoms with Crippen molar-refractivity contribution in [1.29, 1.82) is 0 Å². The van der Waals surface area contributed by atoms with Crippen molar-refractivity contribution < 1.29 is 9.90 Å². The molecule has 3 heterocycles. The lowest BCUT2D eigenvalue weighted by Gasteiger charge is -2.22. The highest BCUT2D eigenvalue weighted by Gasteiger charge is 2.16. The van der Waals surface area contributed by atoms with Crippen LogP contribution in [0.5, 0.6) is 0 Å². The van der Waals surface area contributed by atoms with Gasteiger partial charge in [-0.1, -0.05) is 6.42 Å². The Balaban J connectivity index is 1.89. The minimum absolute atomic E-state index is 0.295. The molecule has 1 saturated heterocycles. The topological polar surface area (TPSA) is 66.6 Å². The summed E-state index contributed by atoms with van der Waals surface area (Å²) >= 11 is 0. The number of aromatic nitrogens is 2. The first-order chi connectivity index (χ1) is 9.24. The predicted octanol–water partition coefficient (Wildman–Crippen LogP) is 1.72. The molecule has 0 spiro atoms. The second kappa shape index (κ2) is 5.01. The summed E-state index contributed by atoms with van der Waals surface area (Å²) in [7, 11) is 0. The van der Waals surface area contributed by atoms with Gasteiger partial charge in [0, 0.05) is 18.7 Å². The largest absolute Gasteiger partial charge is 0.478 e. The van der Waals surface area contributed by atoms with Gasteiger partial charge in [-0.3, -0.25) is 0 Å². The first-order valence-electron chi connectivity index (χ1n) is 6.67. The number of nitrogens with one attached hydrogen (secondary N) is 1. The number of hydrogen-bond donors (Lipinski definition) is 2. The minimum atomic E-state index is -0.905. The van der Waals surface area contributed by atoms with Crippen LogP contribution in [0, 0.1) is 0 Å². The number of fused-ring (bicyclic) bond motifs is 1. The van der Waals surface area contributed by atoms with Crippen molar-refractivity contribution in [3.63, 3.8) is 0 Å². The molecule has 1 atom stereocenters. The second-order valence-electron chi connectivity index (χ2n) is 5.04. The van der Waals surface area contributed by atoms with Crippen LogP contribution in [0.3, 0.4) is 0 Å². The molecule has 5 nitrogen and oxygen atoms in total. The highest BCUT2D eigenvalue weighted by molar-refractivity contribution is 5.87. The first-order valence-corrected chi connectivity index (χ1v) is 6.67. The lowest BCUT2D eigenvalue weighted by Crippen LogP contribution is -2.36. The summed E-state index contributed by atoms with van der Waals surface area (Å²) in [6.07, 6.45) is 7.95. The number of carboxylic acid groups (broad SMARTS) is 1. The Kier molecular flexibility index (Phi) is 3.21. The molecule has 1 fully saturated rings. The molecular weight excluding hydrogens is 242 g/mol. The zero-order chi connectivity index (χ0) is 13.2. The average molecular weight is 259 g/mol. The standard InChI is InChI=1S/C14H17N3O2/c18-14(19)10-4-5-12-8-16-13(17(12)9-10)7-11-3-1-2-6-15-11/h4-5,8-9,11,15H,1-3,6-7H2,(H,18,19). The molecule has 0 radical (unpaired) electrons. The third-order valence-electron chi connectivity index (χ3n) is 3.69. The maximum atomic E-state index is 11.0. The maximum absolute atomic E-state index is 11.0. The molecule has 19 heavy (non-hydrogen) atoms. The molecule has 2 aromatic heterocycles. The molecule has 0 bridgehead atoms. The molecule has 0 amide bonds. The smallest absolute Gasteiger partial charge is 0.337 e. The first kappa shape index (κ1) is 12.2. The fourth-order valence-electron chi connectivity index (χ4n) is 2.64. The van der Waals surface area contributed by atoms with Crippen molar-refractivity contribution in [1.82, 2.24) is 14.7 Å². The van der Waals surface area contributed by atoms with E-state index in [1.807, 2.05) is 4.40 Å². The number of aromatic carboxylic acids is 1. The zero-order valence-electron chi connectivity index (χ0n) is 10.7. The Labute approximate surface area is 111 Å². The third-order valence-corrected chi connectivity index (χ3v) is 3.69. The number of carbonyl (C=O) groups is 1. The summed E-state index contributed by atoms with van der Waals surface area (Å²) in [5, 5.41) is 12.5. The number of hydrogen-bond acceptors (Lipinski definition) is 3. The Morgan fingerprint density at radius 2 is 2.37 bits per heavy atom. The van der Waals surface area contributed by atoms with Gasteiger partial charge in [-0.2, -0.15) is 0 Å². The van der Waals surface area contributed by atoms with Gasteiger partial charge < -0.3 is 14.8 Å². The molecule has 1 aliphatic heterocycles. The minimum Gasteiger partial charge on any atom is -0.478 e. The van der Waals surface area contributed by atoms with Gasteiger partial charge in [0.15, 0.2) is 0 Å². The van der Waals surface area contributed by atoms with Crippen molar-refractivity contribution in [3.8, 4) is 0 Å². The van der Waals surface area contributed by atoms with Crippen molar-refractivity contribution in [2.24, 2.45) is 0 Å². The van der Waals surface area contributed by atoms with E-state index >= 15 is 0 Å². The Bertz CT molecular complexity index is 600. The number of piperidine rings is 1. The van der Waals surface area contributed by atoms with Gasteiger partial charge in [0.25, 0.3) is 0 Å². The third kappa shape index (κ3) is 2.46. The predicted molar refractivity (Wildman–Crippen MR) is 71.5 cm³/mol. The fourth-order valence-corrected chi connectivity index (χ4v) is 2.64. The number of nitrogens with zero attached hydrogens (tertiary/aromatic N) is 2. The van der Waals surface area contributed by atoms with Gasteiger partial charge in [-0.25, -0.2) is 9.78 Å². The Hall–Kier alpha value is -1.88. The molecular formula is C14H17N3O2. The molecule has 0 aliphatic carbocycles. The lowest BCUT2D eigenvalue weighted by atomic mass is 10.0. The van der Waals surface area contributed by atoms with E-state index < -0.39 is 5.97 Å². The van der Waals surface area contributed by atoms with Crippen LogP contribution in [0.2, 0.25) is 0 Å². The van der Waals surface area contributed by atoms with Crippen LogP contribution in [0.4, 0.5) is 0 Å². The van der Waals surface area contributed by atoms with Gasteiger partial charge in [-0.05, 0) is 31.5 Å². The summed E-state index contributed by atoms with van der Waals surface area (Å²) in [5.74, 6) is 0.0230. The van der Waals surface area contributed by atoms with Crippen LogP contribution < -0.4 is 5.32 Å². The van der Waals surface area contributed by atoms with Gasteiger partial charge >= 0.3 is 5.97 Å². The molecule has 1 unspecified atom stereocenters. The molecule has 1 aliphatic rings. The summed E-state index contributed by atoms with van der Waals surface area (Å²) in [5.41, 5.74) is 1.24. The van der Waals surface area contributed by atoms with E-state index in [4.69, 9.17) is 5.11 Å². The van der Waals surface area contributed by atoms with Crippen LogP contribution in [-0.4, -0.2) is 33.0 Å². The molecule has 2 N–H and O–H groups in total. The molecule has 0 saturated carbocycles. The van der Waals surface area contributed by atoms with Crippen molar-refractivity contribution in [2.75, 3.05) is 6.54 Å². The van der Waals surface area contributed by atoms with E-state index in [2.05, 4.69) is 10.3 Å². The van der Waals surface area contributed by atoms with Crippen LogP contribution in [0.15, 0.2) is 24.5 Å². The number of imidazole rings is 1. The van der Waals surface area contributed by atoms with Crippen LogP contribution in [-0.2, 0) is 6.42 Å². The van der Waals surface area contributed by atoms with Crippen molar-refractivity contribution >= 4 is 11.5 Å². The van der Waals surface area contributed by atoms with Crippen LogP contribution in [0.1, 0.15) is 35.4 Å². The van der Waals surface area contributed by atoms with Gasteiger partial charge in [0.1, 0.15) is 5.82 Å². The average Bonchev–Trinajstić information content (AvgIpc) is 2.82. The normalized spacial score (nSPS) is 19.7. The summed E-state index contributed by atoms with van der Waals surface area (Å²) < 4.78 is 1.89. The maximum Gasteiger partial charge on any atom is 0.337 e. The van der Waals surface area contributed by atoms with E-state index in [0.29, 0.717) is 11.6 Å². The summed E-state index contributed by atoms with van der Waals surface area (Å²) in [6, 6.07) is 3.86. The van der Waals surface area contributed by atoms with Gasteiger partial charge in [-0.15, -0.1) is 0 Å². The molecule has 3 rings (SSSR count). The summed E-state index contributed by atoms with van der Waals surface area (Å²) in [6.45, 7) is 1.06. The van der Waals surface area contributed by atoms with Crippen molar-refractivity contribution in [2.45, 2.75) is 31.7 Å². The number of carboxylic acids is 1. The van der Waals surface area contributed by atoms with Gasteiger partial charge in [0.05, 0.1) is 17.3 Å². The Morgan fingerprint density at radius 1 is 1.47 bits per heavy atom. The van der Waals surface area contributed by atoms with E-state index in [1.54, 1.807) is 24.5 Å². The highest BCUT2D eigenvalue weighted by Crippen LogP contribution is 2.15. The Morgan fingerprint density at radius 3 is 3.11 bits per heavy atom. The SMILES string of the molecule is O=C(O)c1ccc2cnc(CC3CCCCN3)n2c1. The lowest BCUT2D eigenvalue weighted by molar-refractivity contribution is 0.0696. The van der Waals surface area contributed by atoms with E-state index in [0.717, 1.165) is 30.7 Å². The molecule has 100 valence electrons. The van der Waals surface area contributed by atoms with E-state index in [9.17, 15) is 4.79 Å². The number of pyridine rings is 1. The molecule has 5 heteroatoms. The zero-order valence-corrected chi connectivity index (χ0v) is 10.7. The van der Waals surface area contributed by atoms with E-state index in [1.165, 1.54) is 12.8 Å². The fraction of sp³-hybridized carbons (Fsp3) is 0.429. The van der Waals surface area contributed by atoms with E-state index in [-0.39, 0.29) is 0 Å². The highest BCUT2D eigenvalue weighted by atomic mass is 16.4. The number of rotatable bonds is 3. The monoisotopic (exact) mass is 259 g/mol.